The lowest BCUT2D eigenvalue weighted by Gasteiger charge is -2.09. The van der Waals surface area contributed by atoms with Crippen LogP contribution >= 0.6 is 0 Å². The van der Waals surface area contributed by atoms with Crippen LogP contribution in [-0.2, 0) is 6.42 Å². The topological polar surface area (TPSA) is 53.8 Å². The number of pyridine rings is 1. The third-order valence-electron chi connectivity index (χ3n) is 4.01. The Bertz CT molecular complexity index is 952. The van der Waals surface area contributed by atoms with E-state index in [-0.39, 0.29) is 12.2 Å². The Morgan fingerprint density at radius 1 is 1.08 bits per heavy atom. The van der Waals surface area contributed by atoms with Crippen molar-refractivity contribution in [3.8, 4) is 17.2 Å². The molecule has 0 fully saturated rings. The van der Waals surface area contributed by atoms with Crippen LogP contribution in [0.2, 0.25) is 0 Å². The highest BCUT2D eigenvalue weighted by atomic mass is 16.1. The quantitative estimate of drug-likeness (QED) is 0.640. The van der Waals surface area contributed by atoms with Gasteiger partial charge in [0, 0.05) is 12.6 Å². The van der Waals surface area contributed by atoms with E-state index in [4.69, 9.17) is 0 Å². The fourth-order valence-corrected chi connectivity index (χ4v) is 2.69. The van der Waals surface area contributed by atoms with Crippen molar-refractivity contribution in [3.63, 3.8) is 0 Å². The number of carbonyl (C=O) groups is 1. The summed E-state index contributed by atoms with van der Waals surface area (Å²) in [5, 5.41) is 9.62. The van der Waals surface area contributed by atoms with Crippen LogP contribution in [0.3, 0.4) is 0 Å². The molecule has 25 heavy (non-hydrogen) atoms. The Balaban J connectivity index is 1.93. The molecule has 0 spiro atoms. The summed E-state index contributed by atoms with van der Waals surface area (Å²) in [4.78, 5) is 16.7. The van der Waals surface area contributed by atoms with Gasteiger partial charge in [-0.2, -0.15) is 5.26 Å². The van der Waals surface area contributed by atoms with Crippen LogP contribution in [0.1, 0.15) is 27.2 Å². The number of benzene rings is 2. The van der Waals surface area contributed by atoms with E-state index in [1.807, 2.05) is 48.5 Å². The van der Waals surface area contributed by atoms with E-state index in [1.165, 1.54) is 0 Å². The summed E-state index contributed by atoms with van der Waals surface area (Å²) in [5.41, 5.74) is 4.29. The van der Waals surface area contributed by atoms with Crippen LogP contribution in [0, 0.1) is 11.3 Å². The van der Waals surface area contributed by atoms with Crippen LogP contribution in [0.4, 0.5) is 0 Å². The minimum absolute atomic E-state index is 0.114. The number of nitrogens with zero attached hydrogens (tertiary/aromatic N) is 2. The predicted octanol–water partition coefficient (Wildman–Crippen LogP) is 4.69. The fraction of sp³-hybridized carbons (Fsp3) is 0.0455. The highest BCUT2D eigenvalue weighted by molar-refractivity contribution is 5.96. The van der Waals surface area contributed by atoms with E-state index < -0.39 is 0 Å². The van der Waals surface area contributed by atoms with E-state index in [0.717, 1.165) is 16.7 Å². The van der Waals surface area contributed by atoms with Crippen LogP contribution in [0.25, 0.3) is 17.2 Å². The average molecular weight is 324 g/mol. The van der Waals surface area contributed by atoms with Gasteiger partial charge in [0.1, 0.15) is 11.8 Å². The minimum Gasteiger partial charge on any atom is -0.292 e. The highest BCUT2D eigenvalue weighted by Gasteiger charge is 2.14. The molecule has 2 aromatic carbocycles. The molecular weight excluding hydrogens is 308 g/mol. The Hall–Kier alpha value is -3.51. The summed E-state index contributed by atoms with van der Waals surface area (Å²) >= 11 is 0. The Morgan fingerprint density at radius 2 is 1.88 bits per heavy atom. The summed E-state index contributed by atoms with van der Waals surface area (Å²) in [5.74, 6) is -0.114. The number of rotatable bonds is 5. The van der Waals surface area contributed by atoms with Crippen molar-refractivity contribution >= 4 is 11.9 Å². The zero-order valence-electron chi connectivity index (χ0n) is 13.6. The van der Waals surface area contributed by atoms with Crippen LogP contribution in [0.5, 0.6) is 0 Å². The molecule has 0 saturated heterocycles. The van der Waals surface area contributed by atoms with Gasteiger partial charge < -0.3 is 0 Å². The summed E-state index contributed by atoms with van der Waals surface area (Å²) in [7, 11) is 0. The molecule has 1 aromatic heterocycles. The van der Waals surface area contributed by atoms with Gasteiger partial charge in [0.15, 0.2) is 5.78 Å². The van der Waals surface area contributed by atoms with Crippen molar-refractivity contribution < 1.29 is 4.79 Å². The van der Waals surface area contributed by atoms with Crippen molar-refractivity contribution in [2.45, 2.75) is 6.42 Å². The van der Waals surface area contributed by atoms with Crippen molar-refractivity contribution in [1.29, 1.82) is 5.26 Å². The molecule has 0 saturated carbocycles. The average Bonchev–Trinajstić information content (AvgIpc) is 2.68. The van der Waals surface area contributed by atoms with Gasteiger partial charge in [-0.1, -0.05) is 67.3 Å². The highest BCUT2D eigenvalue weighted by Crippen LogP contribution is 2.26. The molecule has 3 heteroatoms. The molecule has 0 aliphatic carbocycles. The Morgan fingerprint density at radius 3 is 2.52 bits per heavy atom. The maximum Gasteiger partial charge on any atom is 0.185 e. The third-order valence-corrected chi connectivity index (χ3v) is 4.01. The van der Waals surface area contributed by atoms with E-state index in [0.29, 0.717) is 16.8 Å². The van der Waals surface area contributed by atoms with Gasteiger partial charge in [-0.25, -0.2) is 0 Å². The molecule has 0 radical (unpaired) electrons. The minimum atomic E-state index is -0.114. The van der Waals surface area contributed by atoms with Gasteiger partial charge in [-0.05, 0) is 28.3 Å². The summed E-state index contributed by atoms with van der Waals surface area (Å²) < 4.78 is 0. The monoisotopic (exact) mass is 324 g/mol. The molecule has 0 atom stereocenters. The van der Waals surface area contributed by atoms with E-state index >= 15 is 0 Å². The molecule has 3 nitrogen and oxygen atoms in total. The summed E-state index contributed by atoms with van der Waals surface area (Å²) in [6, 6.07) is 21.0. The second-order valence-corrected chi connectivity index (χ2v) is 5.60. The number of hydrogen-bond acceptors (Lipinski definition) is 3. The second-order valence-electron chi connectivity index (χ2n) is 5.60. The van der Waals surface area contributed by atoms with Gasteiger partial charge in [-0.15, -0.1) is 0 Å². The first-order valence-corrected chi connectivity index (χ1v) is 7.92. The number of nitriles is 1. The molecule has 120 valence electrons. The Labute approximate surface area is 146 Å². The molecule has 1 heterocycles. The number of carbonyl (C=O) groups excluding carboxylic acids is 1. The molecule has 0 aliphatic heterocycles. The zero-order valence-corrected chi connectivity index (χ0v) is 13.6. The smallest absolute Gasteiger partial charge is 0.185 e. The van der Waals surface area contributed by atoms with Gasteiger partial charge in [0.25, 0.3) is 0 Å². The lowest BCUT2D eigenvalue weighted by atomic mass is 9.93. The third kappa shape index (κ3) is 3.54. The van der Waals surface area contributed by atoms with Gasteiger partial charge in [0.2, 0.25) is 0 Å². The van der Waals surface area contributed by atoms with E-state index in [9.17, 15) is 10.1 Å². The van der Waals surface area contributed by atoms with Crippen LogP contribution in [-0.4, -0.2) is 10.8 Å². The Kier molecular flexibility index (Phi) is 4.82. The zero-order chi connectivity index (χ0) is 17.6. The van der Waals surface area contributed by atoms with Crippen LogP contribution < -0.4 is 0 Å². The van der Waals surface area contributed by atoms with Crippen LogP contribution in [0.15, 0.2) is 73.4 Å². The SMILES string of the molecule is C=Cc1ccc(C(=O)Cc2cccc(-c3ccccc3)c2C#N)nc1. The fourth-order valence-electron chi connectivity index (χ4n) is 2.69. The van der Waals surface area contributed by atoms with Crippen molar-refractivity contribution in [3.05, 3.63) is 95.8 Å². The molecule has 3 rings (SSSR count). The van der Waals surface area contributed by atoms with Crippen molar-refractivity contribution in [1.82, 2.24) is 4.98 Å². The van der Waals surface area contributed by atoms with Gasteiger partial charge >= 0.3 is 0 Å². The van der Waals surface area contributed by atoms with E-state index in [1.54, 1.807) is 24.4 Å². The summed E-state index contributed by atoms with van der Waals surface area (Å²) in [6.45, 7) is 3.67. The molecule has 0 bridgehead atoms. The lowest BCUT2D eigenvalue weighted by molar-refractivity contribution is 0.0988. The normalized spacial score (nSPS) is 10.0. The maximum atomic E-state index is 12.5. The van der Waals surface area contributed by atoms with Crippen molar-refractivity contribution in [2.24, 2.45) is 0 Å². The number of hydrogen-bond donors (Lipinski definition) is 0. The molecular formula is C22H16N2O. The number of aromatic nitrogens is 1. The molecule has 0 unspecified atom stereocenters. The maximum absolute atomic E-state index is 12.5. The first-order valence-electron chi connectivity index (χ1n) is 7.92. The molecule has 0 aliphatic rings. The van der Waals surface area contributed by atoms with Gasteiger partial charge in [-0.3, -0.25) is 9.78 Å². The molecule has 0 amide bonds. The summed E-state index contributed by atoms with van der Waals surface area (Å²) in [6.07, 6.45) is 3.44. The number of ketones is 1. The standard InChI is InChI=1S/C22H16N2O/c1-2-16-11-12-21(24-15-16)22(25)13-18-9-6-10-19(20(18)14-23)17-7-4-3-5-8-17/h2-12,15H,1,13H2. The molecule has 0 N–H and O–H groups in total. The lowest BCUT2D eigenvalue weighted by Crippen LogP contribution is -2.07. The largest absolute Gasteiger partial charge is 0.292 e. The van der Waals surface area contributed by atoms with E-state index in [2.05, 4.69) is 17.6 Å². The first kappa shape index (κ1) is 16.4. The van der Waals surface area contributed by atoms with Crippen molar-refractivity contribution in [2.75, 3.05) is 0 Å². The first-order chi connectivity index (χ1) is 12.2. The van der Waals surface area contributed by atoms with Gasteiger partial charge in [0.05, 0.1) is 5.56 Å². The molecule has 3 aromatic rings. The second kappa shape index (κ2) is 7.37. The number of Topliss-reactive ketones (excluding diaryl/α,β-unsaturated/α-hetero) is 1. The predicted molar refractivity (Wildman–Crippen MR) is 99.0 cm³/mol.